The van der Waals surface area contributed by atoms with Crippen LogP contribution < -0.4 is 0 Å². The Kier molecular flexibility index (Phi) is 4.77. The van der Waals surface area contributed by atoms with Gasteiger partial charge in [-0.15, -0.1) is 0 Å². The number of aliphatic hydroxyl groups excluding tert-OH is 1. The molecular formula is C13H28N2O. The average molecular weight is 228 g/mol. The van der Waals surface area contributed by atoms with Crippen molar-refractivity contribution in [2.75, 3.05) is 26.7 Å². The lowest BCUT2D eigenvalue weighted by atomic mass is 9.97. The number of nitrogens with zero attached hydrogens (tertiary/aromatic N) is 2. The predicted molar refractivity (Wildman–Crippen MR) is 68.7 cm³/mol. The summed E-state index contributed by atoms with van der Waals surface area (Å²) in [6, 6.07) is 1.08. The van der Waals surface area contributed by atoms with E-state index in [1.54, 1.807) is 0 Å². The Morgan fingerprint density at radius 3 is 2.44 bits per heavy atom. The summed E-state index contributed by atoms with van der Waals surface area (Å²) in [5.41, 5.74) is 0.185. The quantitative estimate of drug-likeness (QED) is 0.777. The monoisotopic (exact) mass is 228 g/mol. The first-order valence-corrected chi connectivity index (χ1v) is 6.44. The van der Waals surface area contributed by atoms with Crippen molar-refractivity contribution < 1.29 is 5.11 Å². The second-order valence-corrected chi connectivity index (χ2v) is 6.14. The van der Waals surface area contributed by atoms with E-state index in [-0.39, 0.29) is 12.1 Å². The highest BCUT2D eigenvalue weighted by molar-refractivity contribution is 4.90. The fourth-order valence-electron chi connectivity index (χ4n) is 3.03. The van der Waals surface area contributed by atoms with Crippen molar-refractivity contribution in [1.29, 1.82) is 0 Å². The Hall–Kier alpha value is -0.120. The van der Waals surface area contributed by atoms with E-state index in [9.17, 15) is 5.11 Å². The van der Waals surface area contributed by atoms with Gasteiger partial charge >= 0.3 is 0 Å². The van der Waals surface area contributed by atoms with Crippen molar-refractivity contribution in [2.45, 2.75) is 58.2 Å². The summed E-state index contributed by atoms with van der Waals surface area (Å²) < 4.78 is 0. The fraction of sp³-hybridized carbons (Fsp3) is 1.00. The van der Waals surface area contributed by atoms with Crippen LogP contribution in [0.15, 0.2) is 0 Å². The first kappa shape index (κ1) is 13.9. The Balaban J connectivity index is 2.86. The van der Waals surface area contributed by atoms with Crippen molar-refractivity contribution in [3.63, 3.8) is 0 Å². The molecule has 0 radical (unpaired) electrons. The van der Waals surface area contributed by atoms with Crippen molar-refractivity contribution in [3.05, 3.63) is 0 Å². The molecule has 2 atom stereocenters. The second kappa shape index (κ2) is 5.48. The summed E-state index contributed by atoms with van der Waals surface area (Å²) in [7, 11) is 2.18. The highest BCUT2D eigenvalue weighted by Crippen LogP contribution is 2.26. The van der Waals surface area contributed by atoms with Crippen LogP contribution in [0.4, 0.5) is 0 Å². The Morgan fingerprint density at radius 2 is 1.94 bits per heavy atom. The van der Waals surface area contributed by atoms with Crippen LogP contribution in [-0.2, 0) is 0 Å². The third-order valence-electron chi connectivity index (χ3n) is 3.56. The Labute approximate surface area is 100 Å². The smallest absolute Gasteiger partial charge is 0.0446 e. The maximum atomic E-state index is 9.22. The van der Waals surface area contributed by atoms with Gasteiger partial charge in [0.1, 0.15) is 0 Å². The van der Waals surface area contributed by atoms with E-state index in [1.165, 1.54) is 6.42 Å². The van der Waals surface area contributed by atoms with Gasteiger partial charge in [-0.05, 0) is 54.1 Å². The minimum Gasteiger partial charge on any atom is -0.396 e. The SMILES string of the molecule is CC1CCN(C)CC(CCO)N1C(C)(C)C. The third kappa shape index (κ3) is 3.44. The molecule has 3 nitrogen and oxygen atoms in total. The van der Waals surface area contributed by atoms with E-state index in [2.05, 4.69) is 44.5 Å². The third-order valence-corrected chi connectivity index (χ3v) is 3.56. The van der Waals surface area contributed by atoms with Gasteiger partial charge in [0.05, 0.1) is 0 Å². The highest BCUT2D eigenvalue weighted by atomic mass is 16.3. The van der Waals surface area contributed by atoms with Gasteiger partial charge in [-0.25, -0.2) is 0 Å². The number of rotatable bonds is 2. The predicted octanol–water partition coefficient (Wildman–Crippen LogP) is 1.56. The van der Waals surface area contributed by atoms with Crippen molar-refractivity contribution in [1.82, 2.24) is 9.80 Å². The lowest BCUT2D eigenvalue weighted by Gasteiger charge is -2.44. The number of hydrogen-bond acceptors (Lipinski definition) is 3. The lowest BCUT2D eigenvalue weighted by molar-refractivity contribution is 0.0324. The number of aliphatic hydroxyl groups is 1. The summed E-state index contributed by atoms with van der Waals surface area (Å²) in [5, 5.41) is 9.22. The summed E-state index contributed by atoms with van der Waals surface area (Å²) in [6.45, 7) is 11.7. The molecule has 96 valence electrons. The molecule has 16 heavy (non-hydrogen) atoms. The molecule has 1 aliphatic heterocycles. The van der Waals surface area contributed by atoms with Gasteiger partial charge in [0, 0.05) is 30.8 Å². The molecule has 1 fully saturated rings. The molecule has 0 bridgehead atoms. The van der Waals surface area contributed by atoms with Crippen LogP contribution in [0.5, 0.6) is 0 Å². The number of hydrogen-bond donors (Lipinski definition) is 1. The second-order valence-electron chi connectivity index (χ2n) is 6.14. The van der Waals surface area contributed by atoms with Crippen LogP contribution in [-0.4, -0.2) is 59.3 Å². The molecule has 3 heteroatoms. The molecule has 0 aliphatic carbocycles. The molecule has 1 aliphatic rings. The summed E-state index contributed by atoms with van der Waals surface area (Å²) in [5.74, 6) is 0. The zero-order valence-corrected chi connectivity index (χ0v) is 11.5. The Bertz CT molecular complexity index is 212. The highest BCUT2D eigenvalue weighted by Gasteiger charge is 2.34. The topological polar surface area (TPSA) is 26.7 Å². The van der Waals surface area contributed by atoms with Crippen LogP contribution >= 0.6 is 0 Å². The number of likely N-dealkylation sites (N-methyl/N-ethyl adjacent to an activating group) is 1. The van der Waals surface area contributed by atoms with E-state index in [4.69, 9.17) is 0 Å². The van der Waals surface area contributed by atoms with Crippen molar-refractivity contribution >= 4 is 0 Å². The van der Waals surface area contributed by atoms with Gasteiger partial charge in [-0.2, -0.15) is 0 Å². The van der Waals surface area contributed by atoms with Gasteiger partial charge in [0.25, 0.3) is 0 Å². The van der Waals surface area contributed by atoms with Crippen molar-refractivity contribution in [2.24, 2.45) is 0 Å². The summed E-state index contributed by atoms with van der Waals surface area (Å²) in [4.78, 5) is 4.98. The fourth-order valence-corrected chi connectivity index (χ4v) is 3.03. The minimum atomic E-state index is 0.185. The summed E-state index contributed by atoms with van der Waals surface area (Å²) >= 11 is 0. The van der Waals surface area contributed by atoms with Gasteiger partial charge in [-0.3, -0.25) is 4.90 Å². The standard InChI is InChI=1S/C13H28N2O/c1-11-6-8-14(5)10-12(7-9-16)15(11)13(2,3)4/h11-12,16H,6-10H2,1-5H3. The molecule has 1 rings (SSSR count). The Morgan fingerprint density at radius 1 is 1.31 bits per heavy atom. The molecule has 0 saturated carbocycles. The molecule has 1 N–H and O–H groups in total. The molecule has 0 aromatic heterocycles. The normalized spacial score (nSPS) is 30.4. The van der Waals surface area contributed by atoms with Crippen molar-refractivity contribution in [3.8, 4) is 0 Å². The lowest BCUT2D eigenvalue weighted by Crippen LogP contribution is -2.54. The largest absolute Gasteiger partial charge is 0.396 e. The molecule has 0 aromatic rings. The molecular weight excluding hydrogens is 200 g/mol. The van der Waals surface area contributed by atoms with E-state index < -0.39 is 0 Å². The van der Waals surface area contributed by atoms with Gasteiger partial charge in [-0.1, -0.05) is 0 Å². The molecule has 0 aromatic carbocycles. The minimum absolute atomic E-state index is 0.185. The van der Waals surface area contributed by atoms with E-state index in [0.717, 1.165) is 19.5 Å². The first-order chi connectivity index (χ1) is 7.36. The van der Waals surface area contributed by atoms with Gasteiger partial charge in [0.2, 0.25) is 0 Å². The molecule has 1 saturated heterocycles. The van der Waals surface area contributed by atoms with Crippen LogP contribution in [0.25, 0.3) is 0 Å². The van der Waals surface area contributed by atoms with Gasteiger partial charge < -0.3 is 10.0 Å². The summed E-state index contributed by atoms with van der Waals surface area (Å²) in [6.07, 6.45) is 2.10. The van der Waals surface area contributed by atoms with Crippen LogP contribution in [0.1, 0.15) is 40.5 Å². The zero-order chi connectivity index (χ0) is 12.3. The van der Waals surface area contributed by atoms with E-state index in [1.807, 2.05) is 0 Å². The molecule has 1 heterocycles. The molecule has 0 spiro atoms. The maximum Gasteiger partial charge on any atom is 0.0446 e. The van der Waals surface area contributed by atoms with E-state index in [0.29, 0.717) is 12.1 Å². The average Bonchev–Trinajstić information content (AvgIpc) is 2.25. The zero-order valence-electron chi connectivity index (χ0n) is 11.5. The molecule has 0 amide bonds. The van der Waals surface area contributed by atoms with Crippen LogP contribution in [0.3, 0.4) is 0 Å². The molecule has 2 unspecified atom stereocenters. The van der Waals surface area contributed by atoms with Crippen LogP contribution in [0.2, 0.25) is 0 Å². The first-order valence-electron chi connectivity index (χ1n) is 6.44. The maximum absolute atomic E-state index is 9.22. The van der Waals surface area contributed by atoms with Gasteiger partial charge in [0.15, 0.2) is 0 Å². The van der Waals surface area contributed by atoms with Crippen LogP contribution in [0, 0.1) is 0 Å². The van der Waals surface area contributed by atoms with E-state index >= 15 is 0 Å².